The molecule has 5 nitrogen and oxygen atoms in total. The van der Waals surface area contributed by atoms with Gasteiger partial charge in [-0.1, -0.05) is 17.7 Å². The fraction of sp³-hybridized carbons (Fsp3) is 0. The molecule has 0 spiro atoms. The molecule has 0 aliphatic carbocycles. The normalized spacial score (nSPS) is 11.2. The largest absolute Gasteiger partial charge is 0.439 e. The zero-order chi connectivity index (χ0) is 19.1. The molecule has 7 heteroatoms. The molecule has 0 aliphatic heterocycles. The van der Waals surface area contributed by atoms with Crippen molar-refractivity contribution in [1.29, 1.82) is 0 Å². The molecule has 0 saturated heterocycles. The van der Waals surface area contributed by atoms with Gasteiger partial charge in [0.25, 0.3) is 0 Å². The van der Waals surface area contributed by atoms with Crippen LogP contribution in [0.15, 0.2) is 67.3 Å². The Morgan fingerprint density at radius 1 is 0.964 bits per heavy atom. The average Bonchev–Trinajstić information content (AvgIpc) is 3.18. The van der Waals surface area contributed by atoms with E-state index in [4.69, 9.17) is 16.3 Å². The Kier molecular flexibility index (Phi) is 3.91. The number of nitrogens with one attached hydrogen (secondary N) is 1. The minimum absolute atomic E-state index is 0.369. The highest BCUT2D eigenvalue weighted by atomic mass is 35.5. The molecule has 0 fully saturated rings. The molecule has 0 unspecified atom stereocenters. The number of hydrogen-bond acceptors (Lipinski definition) is 4. The van der Waals surface area contributed by atoms with Crippen molar-refractivity contribution in [2.75, 3.05) is 0 Å². The van der Waals surface area contributed by atoms with Crippen LogP contribution in [0, 0.1) is 5.82 Å². The summed E-state index contributed by atoms with van der Waals surface area (Å²) >= 11 is 6.45. The van der Waals surface area contributed by atoms with E-state index in [1.807, 2.05) is 6.07 Å². The van der Waals surface area contributed by atoms with Gasteiger partial charge < -0.3 is 9.72 Å². The number of imidazole rings is 1. The molecule has 1 N–H and O–H groups in total. The average molecular weight is 391 g/mol. The number of aromatic nitrogens is 4. The van der Waals surface area contributed by atoms with Crippen molar-refractivity contribution in [1.82, 2.24) is 19.9 Å². The van der Waals surface area contributed by atoms with Crippen LogP contribution in [0.4, 0.5) is 4.39 Å². The van der Waals surface area contributed by atoms with E-state index in [1.165, 1.54) is 6.07 Å². The lowest BCUT2D eigenvalue weighted by Gasteiger charge is -2.10. The number of fused-ring (bicyclic) bond motifs is 3. The summed E-state index contributed by atoms with van der Waals surface area (Å²) in [5.74, 6) is 0.565. The van der Waals surface area contributed by atoms with Crippen molar-refractivity contribution in [3.8, 4) is 22.8 Å². The maximum absolute atomic E-state index is 14.8. The number of benzene rings is 2. The molecular weight excluding hydrogens is 379 g/mol. The minimum atomic E-state index is -0.407. The van der Waals surface area contributed by atoms with Gasteiger partial charge in [0.15, 0.2) is 0 Å². The number of halogens is 2. The third-order valence-corrected chi connectivity index (χ3v) is 4.75. The van der Waals surface area contributed by atoms with Gasteiger partial charge in [0, 0.05) is 40.9 Å². The third-order valence-electron chi connectivity index (χ3n) is 4.43. The van der Waals surface area contributed by atoms with E-state index in [1.54, 1.807) is 55.1 Å². The number of H-pyrrole nitrogens is 1. The predicted molar refractivity (Wildman–Crippen MR) is 106 cm³/mol. The minimum Gasteiger partial charge on any atom is -0.439 e. The second-order valence-electron chi connectivity index (χ2n) is 6.18. The van der Waals surface area contributed by atoms with Gasteiger partial charge in [-0.2, -0.15) is 0 Å². The van der Waals surface area contributed by atoms with Crippen molar-refractivity contribution < 1.29 is 9.13 Å². The zero-order valence-electron chi connectivity index (χ0n) is 14.4. The summed E-state index contributed by atoms with van der Waals surface area (Å²) in [5.41, 5.74) is 2.99. The molecule has 5 rings (SSSR count). The van der Waals surface area contributed by atoms with Gasteiger partial charge in [-0.05, 0) is 24.3 Å². The maximum atomic E-state index is 14.8. The molecule has 136 valence electrons. The molecule has 0 saturated carbocycles. The standard InChI is InChI=1S/C21H12ClFN4O/c22-16-7-12(28-20-3-1-2-6-24-20)4-5-13(16)14-8-15-18(9-17(14)23)25-10-19-21(15)27-11-26-19/h1-11H,(H,26,27). The van der Waals surface area contributed by atoms with Crippen LogP contribution in [0.25, 0.3) is 33.1 Å². The predicted octanol–water partition coefficient (Wildman–Crippen LogP) is 5.76. The summed E-state index contributed by atoms with van der Waals surface area (Å²) in [4.78, 5) is 15.7. The van der Waals surface area contributed by atoms with Gasteiger partial charge in [-0.15, -0.1) is 0 Å². The van der Waals surface area contributed by atoms with Crippen LogP contribution in [-0.4, -0.2) is 19.9 Å². The topological polar surface area (TPSA) is 63.7 Å². The fourth-order valence-electron chi connectivity index (χ4n) is 3.12. The number of pyridine rings is 2. The molecule has 2 aromatic carbocycles. The zero-order valence-corrected chi connectivity index (χ0v) is 15.1. The van der Waals surface area contributed by atoms with Crippen LogP contribution in [-0.2, 0) is 0 Å². The van der Waals surface area contributed by atoms with Crippen molar-refractivity contribution in [2.24, 2.45) is 0 Å². The highest BCUT2D eigenvalue weighted by molar-refractivity contribution is 6.33. The van der Waals surface area contributed by atoms with Crippen LogP contribution in [0.2, 0.25) is 5.02 Å². The smallest absolute Gasteiger partial charge is 0.219 e. The highest BCUT2D eigenvalue weighted by Crippen LogP contribution is 2.36. The second-order valence-corrected chi connectivity index (χ2v) is 6.59. The van der Waals surface area contributed by atoms with Crippen molar-refractivity contribution >= 4 is 33.5 Å². The Morgan fingerprint density at radius 3 is 2.71 bits per heavy atom. The first-order valence-corrected chi connectivity index (χ1v) is 8.87. The van der Waals surface area contributed by atoms with Gasteiger partial charge in [0.2, 0.25) is 5.88 Å². The Bertz CT molecular complexity index is 1320. The van der Waals surface area contributed by atoms with Crippen LogP contribution in [0.5, 0.6) is 11.6 Å². The van der Waals surface area contributed by atoms with E-state index in [0.717, 1.165) is 16.4 Å². The number of aromatic amines is 1. The first-order valence-electron chi connectivity index (χ1n) is 8.49. The van der Waals surface area contributed by atoms with Gasteiger partial charge in [0.05, 0.1) is 34.1 Å². The van der Waals surface area contributed by atoms with Gasteiger partial charge in [-0.25, -0.2) is 14.4 Å². The highest BCUT2D eigenvalue weighted by Gasteiger charge is 2.14. The van der Waals surface area contributed by atoms with Crippen molar-refractivity contribution in [3.05, 3.63) is 78.1 Å². The molecule has 0 atom stereocenters. The van der Waals surface area contributed by atoms with Crippen LogP contribution >= 0.6 is 11.6 Å². The van der Waals surface area contributed by atoms with Gasteiger partial charge in [-0.3, -0.25) is 4.98 Å². The summed E-state index contributed by atoms with van der Waals surface area (Å²) in [6, 6.07) is 13.6. The molecule has 0 aliphatic rings. The molecule has 0 radical (unpaired) electrons. The summed E-state index contributed by atoms with van der Waals surface area (Å²) in [5, 5.41) is 1.12. The Balaban J connectivity index is 1.60. The molecule has 5 aromatic rings. The van der Waals surface area contributed by atoms with Gasteiger partial charge in [0.1, 0.15) is 11.6 Å². The van der Waals surface area contributed by atoms with Gasteiger partial charge >= 0.3 is 0 Å². The quantitative estimate of drug-likeness (QED) is 0.425. The van der Waals surface area contributed by atoms with E-state index in [9.17, 15) is 4.39 Å². The summed E-state index contributed by atoms with van der Waals surface area (Å²) in [7, 11) is 0. The van der Waals surface area contributed by atoms with E-state index >= 15 is 0 Å². The number of rotatable bonds is 3. The lowest BCUT2D eigenvalue weighted by Crippen LogP contribution is -1.91. The number of nitrogens with zero attached hydrogens (tertiary/aromatic N) is 3. The first kappa shape index (κ1) is 16.6. The Hall–Kier alpha value is -3.51. The fourth-order valence-corrected chi connectivity index (χ4v) is 3.40. The lowest BCUT2D eigenvalue weighted by molar-refractivity contribution is 0.463. The molecule has 28 heavy (non-hydrogen) atoms. The van der Waals surface area contributed by atoms with E-state index in [-0.39, 0.29) is 0 Å². The maximum Gasteiger partial charge on any atom is 0.219 e. The molecule has 3 aromatic heterocycles. The van der Waals surface area contributed by atoms with Crippen LogP contribution < -0.4 is 4.74 Å². The Labute approximate surface area is 163 Å². The monoisotopic (exact) mass is 390 g/mol. The summed E-state index contributed by atoms with van der Waals surface area (Å²) < 4.78 is 20.5. The SMILES string of the molecule is Fc1cc2ncc3[nH]cnc3c2cc1-c1ccc(Oc2ccccn2)cc1Cl. The van der Waals surface area contributed by atoms with Crippen molar-refractivity contribution in [2.45, 2.75) is 0 Å². The van der Waals surface area contributed by atoms with Crippen LogP contribution in [0.3, 0.4) is 0 Å². The van der Waals surface area contributed by atoms with E-state index < -0.39 is 5.82 Å². The van der Waals surface area contributed by atoms with Crippen molar-refractivity contribution in [3.63, 3.8) is 0 Å². The number of ether oxygens (including phenoxy) is 1. The molecule has 3 heterocycles. The lowest BCUT2D eigenvalue weighted by atomic mass is 10.0. The number of hydrogen-bond donors (Lipinski definition) is 1. The van der Waals surface area contributed by atoms with Crippen LogP contribution in [0.1, 0.15) is 0 Å². The van der Waals surface area contributed by atoms with E-state index in [2.05, 4.69) is 19.9 Å². The molecular formula is C21H12ClFN4O. The third kappa shape index (κ3) is 2.84. The molecule has 0 amide bonds. The van der Waals surface area contributed by atoms with E-state index in [0.29, 0.717) is 33.3 Å². The Morgan fingerprint density at radius 2 is 1.89 bits per heavy atom. The molecule has 0 bridgehead atoms. The summed E-state index contributed by atoms with van der Waals surface area (Å²) in [6.07, 6.45) is 4.87. The second kappa shape index (κ2) is 6.58. The summed E-state index contributed by atoms with van der Waals surface area (Å²) in [6.45, 7) is 0. The first-order chi connectivity index (χ1) is 13.7.